The molecule has 1 unspecified atom stereocenters. The van der Waals surface area contributed by atoms with E-state index in [1.54, 1.807) is 11.8 Å². The third-order valence-electron chi connectivity index (χ3n) is 1.46. The predicted octanol–water partition coefficient (Wildman–Crippen LogP) is 0.173. The van der Waals surface area contributed by atoms with Crippen LogP contribution in [0.3, 0.4) is 0 Å². The Bertz CT molecular complexity index is 143. The van der Waals surface area contributed by atoms with Crippen LogP contribution in [0.1, 0.15) is 13.8 Å². The standard InChI is InChI=1S/C7H14N2OS/c1-5(2)9-7(10)6-3-11-4-8-6/h5-6,8H,3-4H2,1-2H3,(H,9,10). The molecule has 64 valence electrons. The van der Waals surface area contributed by atoms with Gasteiger partial charge in [0.2, 0.25) is 5.91 Å². The van der Waals surface area contributed by atoms with E-state index in [0.717, 1.165) is 11.6 Å². The first-order chi connectivity index (χ1) is 5.20. The van der Waals surface area contributed by atoms with Crippen LogP contribution in [0.25, 0.3) is 0 Å². The monoisotopic (exact) mass is 174 g/mol. The van der Waals surface area contributed by atoms with Crippen LogP contribution in [0.5, 0.6) is 0 Å². The minimum absolute atomic E-state index is 0.0300. The lowest BCUT2D eigenvalue weighted by molar-refractivity contribution is -0.122. The third-order valence-corrected chi connectivity index (χ3v) is 2.40. The summed E-state index contributed by atoms with van der Waals surface area (Å²) < 4.78 is 0. The van der Waals surface area contributed by atoms with Gasteiger partial charge in [-0.05, 0) is 13.8 Å². The van der Waals surface area contributed by atoms with Crippen LogP contribution in [-0.4, -0.2) is 29.6 Å². The highest BCUT2D eigenvalue weighted by Gasteiger charge is 2.22. The van der Waals surface area contributed by atoms with E-state index in [0.29, 0.717) is 0 Å². The molecule has 0 aromatic rings. The molecule has 0 aliphatic carbocycles. The van der Waals surface area contributed by atoms with Gasteiger partial charge in [-0.3, -0.25) is 10.1 Å². The smallest absolute Gasteiger partial charge is 0.238 e. The number of hydrogen-bond donors (Lipinski definition) is 2. The second-order valence-electron chi connectivity index (χ2n) is 2.94. The summed E-state index contributed by atoms with van der Waals surface area (Å²) in [5.74, 6) is 1.93. The van der Waals surface area contributed by atoms with Crippen LogP contribution in [0.2, 0.25) is 0 Å². The van der Waals surface area contributed by atoms with Gasteiger partial charge in [-0.25, -0.2) is 0 Å². The Kier molecular flexibility index (Phi) is 3.20. The van der Waals surface area contributed by atoms with Gasteiger partial charge in [0.25, 0.3) is 0 Å². The number of amides is 1. The molecule has 1 fully saturated rings. The van der Waals surface area contributed by atoms with Gasteiger partial charge in [0, 0.05) is 17.7 Å². The maximum atomic E-state index is 11.3. The highest BCUT2D eigenvalue weighted by atomic mass is 32.2. The van der Waals surface area contributed by atoms with Gasteiger partial charge < -0.3 is 5.32 Å². The van der Waals surface area contributed by atoms with Crippen molar-refractivity contribution in [2.75, 3.05) is 11.6 Å². The number of rotatable bonds is 2. The van der Waals surface area contributed by atoms with E-state index >= 15 is 0 Å². The van der Waals surface area contributed by atoms with Crippen LogP contribution in [0.4, 0.5) is 0 Å². The van der Waals surface area contributed by atoms with E-state index in [1.165, 1.54) is 0 Å². The van der Waals surface area contributed by atoms with Crippen molar-refractivity contribution >= 4 is 17.7 Å². The Labute approximate surface area is 71.3 Å². The lowest BCUT2D eigenvalue weighted by Gasteiger charge is -2.12. The fourth-order valence-electron chi connectivity index (χ4n) is 0.949. The maximum Gasteiger partial charge on any atom is 0.238 e. The topological polar surface area (TPSA) is 41.1 Å². The van der Waals surface area contributed by atoms with Crippen molar-refractivity contribution in [3.8, 4) is 0 Å². The number of nitrogens with one attached hydrogen (secondary N) is 2. The average Bonchev–Trinajstić information content (AvgIpc) is 2.35. The Hall–Kier alpha value is -0.220. The second kappa shape index (κ2) is 3.97. The molecule has 2 N–H and O–H groups in total. The van der Waals surface area contributed by atoms with Crippen LogP contribution < -0.4 is 10.6 Å². The lowest BCUT2D eigenvalue weighted by atomic mass is 10.3. The Morgan fingerprint density at radius 2 is 2.45 bits per heavy atom. The van der Waals surface area contributed by atoms with Gasteiger partial charge >= 0.3 is 0 Å². The SMILES string of the molecule is CC(C)NC(=O)C1CSCN1. The normalized spacial score (nSPS) is 24.1. The number of thioether (sulfide) groups is 1. The first-order valence-corrected chi connectivity index (χ1v) is 4.97. The summed E-state index contributed by atoms with van der Waals surface area (Å²) in [5, 5.41) is 5.98. The molecule has 1 amide bonds. The fourth-order valence-corrected chi connectivity index (χ4v) is 1.89. The minimum atomic E-state index is 0.0300. The van der Waals surface area contributed by atoms with Gasteiger partial charge in [0.15, 0.2) is 0 Å². The summed E-state index contributed by atoms with van der Waals surface area (Å²) >= 11 is 1.77. The first kappa shape index (κ1) is 8.87. The Balaban J connectivity index is 2.28. The van der Waals surface area contributed by atoms with Crippen LogP contribution >= 0.6 is 11.8 Å². The molecule has 1 aliphatic rings. The van der Waals surface area contributed by atoms with Crippen LogP contribution in [-0.2, 0) is 4.79 Å². The Morgan fingerprint density at radius 3 is 2.91 bits per heavy atom. The molecule has 11 heavy (non-hydrogen) atoms. The van der Waals surface area contributed by atoms with Crippen molar-refractivity contribution in [3.05, 3.63) is 0 Å². The molecule has 0 aromatic carbocycles. The van der Waals surface area contributed by atoms with Gasteiger partial charge in [0.1, 0.15) is 0 Å². The molecule has 1 atom stereocenters. The zero-order valence-electron chi connectivity index (χ0n) is 6.89. The average molecular weight is 174 g/mol. The second-order valence-corrected chi connectivity index (χ2v) is 3.97. The van der Waals surface area contributed by atoms with E-state index < -0.39 is 0 Å². The van der Waals surface area contributed by atoms with Crippen molar-refractivity contribution in [2.24, 2.45) is 0 Å². The summed E-state index contributed by atoms with van der Waals surface area (Å²) in [4.78, 5) is 11.3. The molecular weight excluding hydrogens is 160 g/mol. The van der Waals surface area contributed by atoms with E-state index in [9.17, 15) is 4.79 Å². The van der Waals surface area contributed by atoms with Gasteiger partial charge in [-0.2, -0.15) is 0 Å². The predicted molar refractivity (Wildman–Crippen MR) is 47.5 cm³/mol. The van der Waals surface area contributed by atoms with Crippen molar-refractivity contribution in [1.29, 1.82) is 0 Å². The quantitative estimate of drug-likeness (QED) is 0.627. The van der Waals surface area contributed by atoms with Crippen LogP contribution in [0, 0.1) is 0 Å². The van der Waals surface area contributed by atoms with Gasteiger partial charge in [0.05, 0.1) is 6.04 Å². The molecule has 0 bridgehead atoms. The summed E-state index contributed by atoms with van der Waals surface area (Å²) in [5.41, 5.74) is 0. The van der Waals surface area contributed by atoms with E-state index in [2.05, 4.69) is 10.6 Å². The van der Waals surface area contributed by atoms with E-state index in [4.69, 9.17) is 0 Å². The zero-order valence-corrected chi connectivity index (χ0v) is 7.70. The van der Waals surface area contributed by atoms with Crippen LogP contribution in [0.15, 0.2) is 0 Å². The molecular formula is C7H14N2OS. The number of carbonyl (C=O) groups excluding carboxylic acids is 1. The summed E-state index contributed by atoms with van der Waals surface area (Å²) in [6, 6.07) is 0.275. The van der Waals surface area contributed by atoms with Crippen molar-refractivity contribution in [1.82, 2.24) is 10.6 Å². The molecule has 0 radical (unpaired) electrons. The highest BCUT2D eigenvalue weighted by molar-refractivity contribution is 7.99. The summed E-state index contributed by atoms with van der Waals surface area (Å²) in [6.07, 6.45) is 0. The van der Waals surface area contributed by atoms with Crippen molar-refractivity contribution < 1.29 is 4.79 Å². The Morgan fingerprint density at radius 1 is 1.73 bits per heavy atom. The molecule has 0 saturated carbocycles. The van der Waals surface area contributed by atoms with E-state index in [1.807, 2.05) is 13.8 Å². The fraction of sp³-hybridized carbons (Fsp3) is 0.857. The number of hydrogen-bond acceptors (Lipinski definition) is 3. The molecule has 3 nitrogen and oxygen atoms in total. The third kappa shape index (κ3) is 2.71. The summed E-state index contributed by atoms with van der Waals surface area (Å²) in [7, 11) is 0. The molecule has 1 rings (SSSR count). The van der Waals surface area contributed by atoms with Gasteiger partial charge in [-0.1, -0.05) is 0 Å². The van der Waals surface area contributed by atoms with Crippen molar-refractivity contribution in [3.63, 3.8) is 0 Å². The minimum Gasteiger partial charge on any atom is -0.353 e. The molecule has 0 spiro atoms. The molecule has 1 aliphatic heterocycles. The zero-order chi connectivity index (χ0) is 8.27. The maximum absolute atomic E-state index is 11.3. The molecule has 4 heteroatoms. The largest absolute Gasteiger partial charge is 0.353 e. The molecule has 1 heterocycles. The summed E-state index contributed by atoms with van der Waals surface area (Å²) in [6.45, 7) is 3.94. The molecule has 1 saturated heterocycles. The lowest BCUT2D eigenvalue weighted by Crippen LogP contribution is -2.44. The van der Waals surface area contributed by atoms with Crippen molar-refractivity contribution in [2.45, 2.75) is 25.9 Å². The van der Waals surface area contributed by atoms with E-state index in [-0.39, 0.29) is 18.0 Å². The highest BCUT2D eigenvalue weighted by Crippen LogP contribution is 2.09. The number of carbonyl (C=O) groups is 1. The molecule has 0 aromatic heterocycles. The first-order valence-electron chi connectivity index (χ1n) is 3.81. The van der Waals surface area contributed by atoms with Gasteiger partial charge in [-0.15, -0.1) is 11.8 Å².